The lowest BCUT2D eigenvalue weighted by Crippen LogP contribution is -2.45. The van der Waals surface area contributed by atoms with E-state index < -0.39 is 27.8 Å². The Morgan fingerprint density at radius 2 is 1.91 bits per heavy atom. The summed E-state index contributed by atoms with van der Waals surface area (Å²) in [5.41, 5.74) is 0.114. The highest BCUT2D eigenvalue weighted by atomic mass is 32.2. The fraction of sp³-hybridized carbons (Fsp3) is 0.533. The third-order valence-electron chi connectivity index (χ3n) is 3.95. The van der Waals surface area contributed by atoms with E-state index in [0.29, 0.717) is 17.7 Å². The molecule has 1 aromatic carbocycles. The molecule has 0 fully saturated rings. The van der Waals surface area contributed by atoms with Gasteiger partial charge in [0, 0.05) is 33.1 Å². The highest BCUT2D eigenvalue weighted by Gasteiger charge is 2.40. The maximum Gasteiger partial charge on any atom is 0.335 e. The van der Waals surface area contributed by atoms with Gasteiger partial charge in [0.2, 0.25) is 0 Å². The highest BCUT2D eigenvalue weighted by molar-refractivity contribution is 7.86. The number of benzene rings is 1. The summed E-state index contributed by atoms with van der Waals surface area (Å²) in [5, 5.41) is 9.18. The third kappa shape index (κ3) is 3.34. The van der Waals surface area contributed by atoms with Crippen LogP contribution in [-0.4, -0.2) is 54.8 Å². The predicted molar refractivity (Wildman–Crippen MR) is 85.8 cm³/mol. The standard InChI is InChI=1S/C15H22N2O5S/c1-15(2)9-12(17(5)23(20,21)16(3)4)11-8-10(14(18)19)6-7-13(11)22-15/h6-8,12H,9H2,1-5H3,(H,18,19). The average molecular weight is 342 g/mol. The maximum atomic E-state index is 12.5. The van der Waals surface area contributed by atoms with Crippen molar-refractivity contribution in [1.82, 2.24) is 8.61 Å². The molecule has 0 saturated carbocycles. The molecule has 7 nitrogen and oxygen atoms in total. The number of hydrogen-bond acceptors (Lipinski definition) is 4. The molecule has 1 aromatic rings. The zero-order chi connectivity index (χ0) is 17.6. The van der Waals surface area contributed by atoms with Crippen LogP contribution >= 0.6 is 0 Å². The summed E-state index contributed by atoms with van der Waals surface area (Å²) in [4.78, 5) is 11.2. The van der Waals surface area contributed by atoms with Crippen molar-refractivity contribution in [2.75, 3.05) is 21.1 Å². The van der Waals surface area contributed by atoms with Crippen molar-refractivity contribution in [3.63, 3.8) is 0 Å². The summed E-state index contributed by atoms with van der Waals surface area (Å²) < 4.78 is 33.2. The first-order chi connectivity index (χ1) is 10.5. The van der Waals surface area contributed by atoms with Crippen LogP contribution in [-0.2, 0) is 10.2 Å². The van der Waals surface area contributed by atoms with E-state index in [2.05, 4.69) is 0 Å². The zero-order valence-electron chi connectivity index (χ0n) is 13.9. The third-order valence-corrected chi connectivity index (χ3v) is 5.86. The number of hydrogen-bond donors (Lipinski definition) is 1. The molecule has 8 heteroatoms. The Morgan fingerprint density at radius 3 is 2.43 bits per heavy atom. The Kier molecular flexibility index (Phi) is 4.44. The van der Waals surface area contributed by atoms with Crippen molar-refractivity contribution in [3.05, 3.63) is 29.3 Å². The fourth-order valence-corrected chi connectivity index (χ4v) is 3.72. The van der Waals surface area contributed by atoms with Crippen molar-refractivity contribution in [1.29, 1.82) is 0 Å². The van der Waals surface area contributed by atoms with Crippen LogP contribution in [0, 0.1) is 0 Å². The number of ether oxygens (including phenoxy) is 1. The number of rotatable bonds is 4. The number of nitrogens with zero attached hydrogens (tertiary/aromatic N) is 2. The van der Waals surface area contributed by atoms with Crippen molar-refractivity contribution < 1.29 is 23.1 Å². The van der Waals surface area contributed by atoms with Crippen LogP contribution in [0.2, 0.25) is 0 Å². The Labute approximate surface area is 136 Å². The van der Waals surface area contributed by atoms with Crippen molar-refractivity contribution >= 4 is 16.2 Å². The topological polar surface area (TPSA) is 87.2 Å². The smallest absolute Gasteiger partial charge is 0.335 e. The lowest BCUT2D eigenvalue weighted by Gasteiger charge is -2.41. The summed E-state index contributed by atoms with van der Waals surface area (Å²) in [6, 6.07) is 4.03. The minimum atomic E-state index is -3.64. The van der Waals surface area contributed by atoms with Gasteiger partial charge in [0.1, 0.15) is 11.4 Å². The predicted octanol–water partition coefficient (Wildman–Crippen LogP) is 1.73. The molecule has 23 heavy (non-hydrogen) atoms. The molecule has 1 atom stereocenters. The van der Waals surface area contributed by atoms with Crippen molar-refractivity contribution in [2.24, 2.45) is 0 Å². The van der Waals surface area contributed by atoms with Gasteiger partial charge in [-0.3, -0.25) is 0 Å². The van der Waals surface area contributed by atoms with Crippen LogP contribution in [0.1, 0.15) is 42.2 Å². The van der Waals surface area contributed by atoms with Crippen LogP contribution in [0.3, 0.4) is 0 Å². The van der Waals surface area contributed by atoms with Crippen LogP contribution < -0.4 is 4.74 Å². The summed E-state index contributed by atoms with van der Waals surface area (Å²) in [6.07, 6.45) is 0.423. The second-order valence-corrected chi connectivity index (χ2v) is 8.65. The van der Waals surface area contributed by atoms with Gasteiger partial charge in [0.05, 0.1) is 11.6 Å². The van der Waals surface area contributed by atoms with E-state index in [-0.39, 0.29) is 5.56 Å². The molecular weight excluding hydrogens is 320 g/mol. The zero-order valence-corrected chi connectivity index (χ0v) is 14.7. The monoisotopic (exact) mass is 342 g/mol. The summed E-state index contributed by atoms with van der Waals surface area (Å²) >= 11 is 0. The van der Waals surface area contributed by atoms with Gasteiger partial charge in [-0.05, 0) is 32.0 Å². The maximum absolute atomic E-state index is 12.5. The van der Waals surface area contributed by atoms with E-state index in [4.69, 9.17) is 4.74 Å². The largest absolute Gasteiger partial charge is 0.487 e. The number of carbonyl (C=O) groups is 1. The molecule has 0 spiro atoms. The molecule has 1 aliphatic heterocycles. The van der Waals surface area contributed by atoms with E-state index in [0.717, 1.165) is 4.31 Å². The molecule has 0 saturated heterocycles. The van der Waals surface area contributed by atoms with Gasteiger partial charge >= 0.3 is 5.97 Å². The van der Waals surface area contributed by atoms with Crippen LogP contribution in [0.5, 0.6) is 5.75 Å². The molecule has 1 heterocycles. The average Bonchev–Trinajstić information content (AvgIpc) is 2.43. The van der Waals surface area contributed by atoms with E-state index in [1.54, 1.807) is 6.07 Å². The molecule has 0 bridgehead atoms. The Hall–Kier alpha value is -1.64. The van der Waals surface area contributed by atoms with Crippen LogP contribution in [0.25, 0.3) is 0 Å². The molecule has 0 radical (unpaired) electrons. The number of carboxylic acid groups (broad SMARTS) is 1. The molecule has 1 aliphatic rings. The first kappa shape index (κ1) is 17.7. The molecule has 2 rings (SSSR count). The molecule has 0 aliphatic carbocycles. The molecular formula is C15H22N2O5S. The van der Waals surface area contributed by atoms with Crippen LogP contribution in [0.4, 0.5) is 0 Å². The summed E-state index contributed by atoms with van der Waals surface area (Å²) in [5.74, 6) is -0.549. The number of fused-ring (bicyclic) bond motifs is 1. The van der Waals surface area contributed by atoms with E-state index in [1.807, 2.05) is 13.8 Å². The normalized spacial score (nSPS) is 20.2. The highest BCUT2D eigenvalue weighted by Crippen LogP contribution is 2.43. The molecule has 0 aromatic heterocycles. The van der Waals surface area contributed by atoms with Gasteiger partial charge in [-0.2, -0.15) is 17.0 Å². The Morgan fingerprint density at radius 1 is 1.30 bits per heavy atom. The number of carboxylic acids is 1. The van der Waals surface area contributed by atoms with E-state index in [9.17, 15) is 18.3 Å². The van der Waals surface area contributed by atoms with Gasteiger partial charge in [0.25, 0.3) is 10.2 Å². The van der Waals surface area contributed by atoms with Crippen molar-refractivity contribution in [2.45, 2.75) is 31.9 Å². The minimum absolute atomic E-state index is 0.104. The molecule has 128 valence electrons. The second-order valence-electron chi connectivity index (χ2n) is 6.45. The Balaban J connectivity index is 2.57. The second kappa shape index (κ2) is 5.77. The lowest BCUT2D eigenvalue weighted by atomic mass is 9.89. The summed E-state index contributed by atoms with van der Waals surface area (Å²) in [7, 11) is 0.786. The van der Waals surface area contributed by atoms with E-state index >= 15 is 0 Å². The minimum Gasteiger partial charge on any atom is -0.487 e. The molecule has 1 N–H and O–H groups in total. The van der Waals surface area contributed by atoms with Gasteiger partial charge in [-0.1, -0.05) is 0 Å². The first-order valence-corrected chi connectivity index (χ1v) is 8.57. The molecule has 0 amide bonds. The first-order valence-electron chi connectivity index (χ1n) is 7.17. The van der Waals surface area contributed by atoms with Gasteiger partial charge in [-0.25, -0.2) is 4.79 Å². The SMILES string of the molecule is CN(C)S(=O)(=O)N(C)C1CC(C)(C)Oc2ccc(C(=O)O)cc21. The van der Waals surface area contributed by atoms with Gasteiger partial charge in [-0.15, -0.1) is 0 Å². The quantitative estimate of drug-likeness (QED) is 0.900. The number of aromatic carboxylic acids is 1. The lowest BCUT2D eigenvalue weighted by molar-refractivity contribution is 0.0531. The van der Waals surface area contributed by atoms with E-state index in [1.165, 1.54) is 37.6 Å². The van der Waals surface area contributed by atoms with Crippen molar-refractivity contribution in [3.8, 4) is 5.75 Å². The van der Waals surface area contributed by atoms with Gasteiger partial charge in [0.15, 0.2) is 0 Å². The van der Waals surface area contributed by atoms with Gasteiger partial charge < -0.3 is 9.84 Å². The fourth-order valence-electron chi connectivity index (χ4n) is 2.69. The summed E-state index contributed by atoms with van der Waals surface area (Å²) in [6.45, 7) is 3.76. The molecule has 1 unspecified atom stereocenters. The Bertz CT molecular complexity index is 727. The van der Waals surface area contributed by atoms with Crippen LogP contribution in [0.15, 0.2) is 18.2 Å².